The first-order valence-corrected chi connectivity index (χ1v) is 14.8. The predicted molar refractivity (Wildman–Crippen MR) is 144 cm³/mol. The van der Waals surface area contributed by atoms with Crippen LogP contribution in [0.1, 0.15) is 39.8 Å². The number of ether oxygens (including phenoxy) is 2. The van der Waals surface area contributed by atoms with E-state index < -0.39 is 56.1 Å². The van der Waals surface area contributed by atoms with Crippen LogP contribution >= 0.6 is 7.75 Å². The Balaban J connectivity index is 1.21. The maximum Gasteiger partial charge on any atom is 0.459 e. The molecule has 1 aromatic carbocycles. The Kier molecular flexibility index (Phi) is 6.90. The quantitative estimate of drug-likeness (QED) is 0.188. The molecule has 6 rings (SSSR count). The third kappa shape index (κ3) is 5.24. The van der Waals surface area contributed by atoms with E-state index in [-0.39, 0.29) is 23.4 Å². The fourth-order valence-corrected chi connectivity index (χ4v) is 6.45. The van der Waals surface area contributed by atoms with Crippen molar-refractivity contribution in [3.63, 3.8) is 0 Å². The molecular weight excluding hydrogens is 560 g/mol. The lowest BCUT2D eigenvalue weighted by molar-refractivity contribution is -0.149. The van der Waals surface area contributed by atoms with Crippen molar-refractivity contribution in [3.05, 3.63) is 36.7 Å². The number of halogens is 1. The van der Waals surface area contributed by atoms with E-state index >= 15 is 4.39 Å². The van der Waals surface area contributed by atoms with Gasteiger partial charge in [0.05, 0.1) is 12.4 Å². The van der Waals surface area contributed by atoms with E-state index in [1.807, 2.05) is 0 Å². The van der Waals surface area contributed by atoms with Crippen LogP contribution in [0.3, 0.4) is 0 Å². The molecule has 2 aliphatic carbocycles. The summed E-state index contributed by atoms with van der Waals surface area (Å²) in [6.07, 6.45) is -3.01. The largest absolute Gasteiger partial charge is 0.462 e. The van der Waals surface area contributed by atoms with Crippen LogP contribution in [0.15, 0.2) is 36.7 Å². The maximum absolute atomic E-state index is 15.9. The van der Waals surface area contributed by atoms with E-state index in [2.05, 4.69) is 25.4 Å². The van der Waals surface area contributed by atoms with Crippen LogP contribution in [0.2, 0.25) is 0 Å². The van der Waals surface area contributed by atoms with E-state index in [9.17, 15) is 14.5 Å². The number of alkyl halides is 1. The van der Waals surface area contributed by atoms with Crippen LogP contribution in [-0.4, -0.2) is 72.8 Å². The number of aliphatic hydroxyl groups is 1. The number of hydrogen-bond donors (Lipinski definition) is 4. The van der Waals surface area contributed by atoms with Gasteiger partial charge in [0.25, 0.3) is 0 Å². The van der Waals surface area contributed by atoms with Crippen LogP contribution < -0.4 is 20.7 Å². The highest BCUT2D eigenvalue weighted by atomic mass is 31.2. The summed E-state index contributed by atoms with van der Waals surface area (Å²) in [7, 11) is -4.37. The number of rotatable bonds is 11. The van der Waals surface area contributed by atoms with Crippen molar-refractivity contribution in [1.82, 2.24) is 24.6 Å². The Bertz CT molecular complexity index is 1510. The normalized spacial score (nSPS) is 29.1. The van der Waals surface area contributed by atoms with Gasteiger partial charge >= 0.3 is 13.7 Å². The van der Waals surface area contributed by atoms with E-state index in [1.54, 1.807) is 32.0 Å². The Hall–Kier alpha value is -3.36. The monoisotopic (exact) mass is 591 g/mol. The number of carbonyl (C=O) groups is 1. The van der Waals surface area contributed by atoms with Gasteiger partial charge in [-0.15, -0.1) is 0 Å². The molecule has 1 saturated heterocycles. The summed E-state index contributed by atoms with van der Waals surface area (Å²) in [5.41, 5.74) is 4.35. The summed E-state index contributed by atoms with van der Waals surface area (Å²) in [5.74, 6) is -0.129. The average molecular weight is 592 g/mol. The van der Waals surface area contributed by atoms with Crippen LogP contribution in [0.25, 0.3) is 11.2 Å². The number of carbonyl (C=O) groups excluding carboxylic acids is 1. The van der Waals surface area contributed by atoms with Crippen molar-refractivity contribution < 1.29 is 37.4 Å². The Labute approximate surface area is 234 Å². The standard InChI is InChI=1S/C25H31FN7O7P/c1-12(2)37-23(34)13(3)32-41(36,39-15-7-5-4-6-8-15)40-19-18-25(19,35)17(26)22(38-18)33-11-28-16-20(29-14-9-10-14)30-24(27)31-21(16)33/h4-8,11-14,17-19,22,35H,9-10H2,1-3H3,(H,32,36)(H3,27,29,30,31)/t13-,17-,18-,19?,22-,25+,41+/m1/s1. The molecule has 16 heteroatoms. The summed E-state index contributed by atoms with van der Waals surface area (Å²) in [4.78, 5) is 25.1. The van der Waals surface area contributed by atoms with Crippen LogP contribution in [0.5, 0.6) is 5.75 Å². The Morgan fingerprint density at radius 3 is 2.63 bits per heavy atom. The van der Waals surface area contributed by atoms with Gasteiger partial charge in [-0.2, -0.15) is 15.1 Å². The van der Waals surface area contributed by atoms with Gasteiger partial charge in [-0.3, -0.25) is 13.9 Å². The van der Waals surface area contributed by atoms with Gasteiger partial charge in [-0.1, -0.05) is 18.2 Å². The summed E-state index contributed by atoms with van der Waals surface area (Å²) in [5, 5.41) is 17.0. The third-order valence-corrected chi connectivity index (χ3v) is 8.62. The van der Waals surface area contributed by atoms with Crippen molar-refractivity contribution >= 4 is 36.6 Å². The molecule has 7 atom stereocenters. The number of anilines is 2. The highest BCUT2D eigenvalue weighted by molar-refractivity contribution is 7.52. The van der Waals surface area contributed by atoms with Gasteiger partial charge in [0.15, 0.2) is 35.0 Å². The van der Waals surface area contributed by atoms with E-state index in [4.69, 9.17) is 24.3 Å². The molecule has 220 valence electrons. The zero-order valence-corrected chi connectivity index (χ0v) is 23.4. The molecule has 0 spiro atoms. The van der Waals surface area contributed by atoms with Gasteiger partial charge in [-0.25, -0.2) is 13.9 Å². The number of para-hydroxylation sites is 1. The molecule has 3 heterocycles. The number of esters is 1. The smallest absolute Gasteiger partial charge is 0.459 e. The molecule has 3 aliphatic rings. The highest BCUT2D eigenvalue weighted by Gasteiger charge is 2.80. The maximum atomic E-state index is 15.9. The van der Waals surface area contributed by atoms with Gasteiger partial charge < -0.3 is 30.2 Å². The molecule has 1 unspecified atom stereocenters. The topological polar surface area (TPSA) is 185 Å². The molecule has 3 aromatic rings. The molecule has 3 fully saturated rings. The number of imidazole rings is 1. The molecule has 0 amide bonds. The van der Waals surface area contributed by atoms with Crippen molar-refractivity contribution in [2.24, 2.45) is 0 Å². The van der Waals surface area contributed by atoms with Gasteiger partial charge in [-0.05, 0) is 45.7 Å². The lowest BCUT2D eigenvalue weighted by Crippen LogP contribution is -2.38. The Morgan fingerprint density at radius 2 is 2.00 bits per heavy atom. The summed E-state index contributed by atoms with van der Waals surface area (Å²) >= 11 is 0. The number of nitrogen functional groups attached to an aromatic ring is 1. The number of aromatic nitrogens is 4. The molecule has 2 saturated carbocycles. The first-order chi connectivity index (χ1) is 19.5. The minimum atomic E-state index is -4.37. The van der Waals surface area contributed by atoms with Gasteiger partial charge in [0.1, 0.15) is 24.0 Å². The average Bonchev–Trinajstić information content (AvgIpc) is 3.74. The van der Waals surface area contributed by atoms with Gasteiger partial charge in [0, 0.05) is 6.04 Å². The highest BCUT2D eigenvalue weighted by Crippen LogP contribution is 2.62. The summed E-state index contributed by atoms with van der Waals surface area (Å²) in [6.45, 7) is 4.77. The molecule has 1 aliphatic heterocycles. The second kappa shape index (κ2) is 10.2. The predicted octanol–water partition coefficient (Wildman–Crippen LogP) is 2.46. The molecule has 5 N–H and O–H groups in total. The molecule has 41 heavy (non-hydrogen) atoms. The van der Waals surface area contributed by atoms with E-state index in [0.717, 1.165) is 12.8 Å². The fraction of sp³-hybridized carbons (Fsp3) is 0.520. The van der Waals surface area contributed by atoms with Crippen LogP contribution in [-0.2, 0) is 23.4 Å². The van der Waals surface area contributed by atoms with Crippen molar-refractivity contribution in [2.75, 3.05) is 11.1 Å². The van der Waals surface area contributed by atoms with Crippen molar-refractivity contribution in [1.29, 1.82) is 0 Å². The number of fused-ring (bicyclic) bond motifs is 2. The number of benzene rings is 1. The number of hydrogen-bond acceptors (Lipinski definition) is 12. The summed E-state index contributed by atoms with van der Waals surface area (Å²) < 4.78 is 53.4. The molecule has 2 aromatic heterocycles. The lowest BCUT2D eigenvalue weighted by Gasteiger charge is -2.26. The van der Waals surface area contributed by atoms with Crippen molar-refractivity contribution in [3.8, 4) is 5.75 Å². The van der Waals surface area contributed by atoms with Crippen LogP contribution in [0.4, 0.5) is 16.2 Å². The second-order valence-corrected chi connectivity index (χ2v) is 12.3. The van der Waals surface area contributed by atoms with Gasteiger partial charge in [0.2, 0.25) is 5.95 Å². The minimum Gasteiger partial charge on any atom is -0.462 e. The molecular formula is C25H31FN7O7P. The lowest BCUT2D eigenvalue weighted by atomic mass is 10.2. The SMILES string of the molecule is CC(C)OC(=O)[C@@H](C)N[P@](=O)(Oc1ccccc1)OC1[C@H]2O[C@@H](n3cnc4c(NC5CC5)nc(N)nc43)[C@@H](F)[C@@]12O. The molecule has 0 bridgehead atoms. The van der Waals surface area contributed by atoms with E-state index in [1.165, 1.54) is 30.0 Å². The fourth-order valence-electron chi connectivity index (χ4n) is 4.73. The second-order valence-electron chi connectivity index (χ2n) is 10.7. The summed E-state index contributed by atoms with van der Waals surface area (Å²) in [6, 6.07) is 7.25. The first-order valence-electron chi connectivity index (χ1n) is 13.3. The number of nitrogens with one attached hydrogen (secondary N) is 2. The minimum absolute atomic E-state index is 0.0314. The van der Waals surface area contributed by atoms with Crippen LogP contribution in [0, 0.1) is 0 Å². The van der Waals surface area contributed by atoms with Crippen molar-refractivity contribution in [2.45, 2.75) is 82.0 Å². The zero-order chi connectivity index (χ0) is 29.1. The van der Waals surface area contributed by atoms with E-state index in [0.29, 0.717) is 11.3 Å². The first kappa shape index (κ1) is 27.8. The number of nitrogens with two attached hydrogens (primary N) is 1. The number of nitrogens with zero attached hydrogens (tertiary/aromatic N) is 4. The molecule has 14 nitrogen and oxygen atoms in total. The zero-order valence-electron chi connectivity index (χ0n) is 22.5. The third-order valence-electron chi connectivity index (χ3n) is 6.96. The molecule has 0 radical (unpaired) electrons. The Morgan fingerprint density at radius 1 is 1.27 bits per heavy atom.